The molecular weight excluding hydrogens is 196 g/mol. The Hall–Kier alpha value is -0.610. The molecule has 0 aromatic heterocycles. The van der Waals surface area contributed by atoms with Crippen molar-refractivity contribution in [2.75, 3.05) is 0 Å². The van der Waals surface area contributed by atoms with Crippen molar-refractivity contribution in [2.45, 2.75) is 58.5 Å². The second-order valence-electron chi connectivity index (χ2n) is 4.20. The highest BCUT2D eigenvalue weighted by Gasteiger charge is 2.29. The van der Waals surface area contributed by atoms with Gasteiger partial charge < -0.3 is 14.6 Å². The van der Waals surface area contributed by atoms with Gasteiger partial charge in [0.2, 0.25) is 0 Å². The van der Waals surface area contributed by atoms with Gasteiger partial charge in [0, 0.05) is 6.42 Å². The highest BCUT2D eigenvalue weighted by atomic mass is 16.7. The van der Waals surface area contributed by atoms with E-state index in [0.29, 0.717) is 6.42 Å². The third-order valence-corrected chi connectivity index (χ3v) is 2.79. The molecule has 1 aliphatic rings. The summed E-state index contributed by atoms with van der Waals surface area (Å²) < 4.78 is 11.1. The van der Waals surface area contributed by atoms with Gasteiger partial charge in [-0.3, -0.25) is 4.79 Å². The fourth-order valence-electron chi connectivity index (χ4n) is 1.89. The van der Waals surface area contributed by atoms with Gasteiger partial charge in [-0.2, -0.15) is 0 Å². The van der Waals surface area contributed by atoms with E-state index in [-0.39, 0.29) is 24.4 Å². The number of hydrogen-bond acceptors (Lipinski definition) is 3. The van der Waals surface area contributed by atoms with Crippen molar-refractivity contribution in [1.82, 2.24) is 0 Å². The lowest BCUT2D eigenvalue weighted by atomic mass is 9.98. The van der Waals surface area contributed by atoms with E-state index < -0.39 is 5.97 Å². The summed E-state index contributed by atoms with van der Waals surface area (Å²) >= 11 is 0. The van der Waals surface area contributed by atoms with Crippen LogP contribution in [0.1, 0.15) is 40.0 Å². The minimum atomic E-state index is -0.759. The van der Waals surface area contributed by atoms with Gasteiger partial charge in [0.25, 0.3) is 0 Å². The van der Waals surface area contributed by atoms with Crippen LogP contribution >= 0.6 is 0 Å². The van der Waals surface area contributed by atoms with Crippen LogP contribution in [0.15, 0.2) is 0 Å². The monoisotopic (exact) mass is 216 g/mol. The second kappa shape index (κ2) is 5.47. The van der Waals surface area contributed by atoms with Crippen LogP contribution in [0.3, 0.4) is 0 Å². The van der Waals surface area contributed by atoms with Crippen molar-refractivity contribution in [3.05, 3.63) is 0 Å². The summed E-state index contributed by atoms with van der Waals surface area (Å²) in [7, 11) is 0. The Labute approximate surface area is 90.6 Å². The van der Waals surface area contributed by atoms with Crippen LogP contribution in [0.2, 0.25) is 0 Å². The van der Waals surface area contributed by atoms with E-state index in [2.05, 4.69) is 6.92 Å². The van der Waals surface area contributed by atoms with Crippen molar-refractivity contribution in [3.63, 3.8) is 0 Å². The summed E-state index contributed by atoms with van der Waals surface area (Å²) in [5.74, 6) is -1.11. The van der Waals surface area contributed by atoms with Crippen LogP contribution in [0, 0.1) is 5.92 Å². The van der Waals surface area contributed by atoms with Crippen LogP contribution in [-0.4, -0.2) is 29.6 Å². The predicted octanol–water partition coefficient (Wildman–Crippen LogP) is 2.03. The lowest BCUT2D eigenvalue weighted by Crippen LogP contribution is -2.37. The SMILES string of the molecule is CCC1CC(CC(C)C(=O)O)OC(C)O1. The van der Waals surface area contributed by atoms with E-state index in [9.17, 15) is 4.79 Å². The first-order chi connectivity index (χ1) is 7.02. The smallest absolute Gasteiger partial charge is 0.306 e. The van der Waals surface area contributed by atoms with Crippen molar-refractivity contribution in [2.24, 2.45) is 5.92 Å². The Morgan fingerprint density at radius 1 is 1.47 bits per heavy atom. The molecule has 0 saturated carbocycles. The molecule has 15 heavy (non-hydrogen) atoms. The molecule has 0 spiro atoms. The maximum Gasteiger partial charge on any atom is 0.306 e. The zero-order valence-corrected chi connectivity index (χ0v) is 9.60. The van der Waals surface area contributed by atoms with E-state index in [1.54, 1.807) is 6.92 Å². The summed E-state index contributed by atoms with van der Waals surface area (Å²) in [5.41, 5.74) is 0. The molecule has 88 valence electrons. The molecule has 0 radical (unpaired) electrons. The summed E-state index contributed by atoms with van der Waals surface area (Å²) in [4.78, 5) is 10.7. The first kappa shape index (κ1) is 12.5. The fourth-order valence-corrected chi connectivity index (χ4v) is 1.89. The van der Waals surface area contributed by atoms with Gasteiger partial charge in [-0.1, -0.05) is 13.8 Å². The maximum atomic E-state index is 10.7. The average Bonchev–Trinajstić information content (AvgIpc) is 2.16. The molecule has 4 heteroatoms. The van der Waals surface area contributed by atoms with Gasteiger partial charge in [-0.05, 0) is 19.8 Å². The van der Waals surface area contributed by atoms with E-state index >= 15 is 0 Å². The Balaban J connectivity index is 2.44. The molecule has 0 aromatic carbocycles. The Morgan fingerprint density at radius 3 is 2.60 bits per heavy atom. The molecule has 0 aliphatic carbocycles. The van der Waals surface area contributed by atoms with Crippen molar-refractivity contribution >= 4 is 5.97 Å². The van der Waals surface area contributed by atoms with Crippen molar-refractivity contribution < 1.29 is 19.4 Å². The van der Waals surface area contributed by atoms with Crippen LogP contribution in [-0.2, 0) is 14.3 Å². The minimum absolute atomic E-state index is 0.0183. The molecule has 1 rings (SSSR count). The normalized spacial score (nSPS) is 33.7. The Morgan fingerprint density at radius 2 is 2.07 bits per heavy atom. The summed E-state index contributed by atoms with van der Waals surface area (Å²) in [6.45, 7) is 5.65. The molecule has 1 heterocycles. The highest BCUT2D eigenvalue weighted by Crippen LogP contribution is 2.24. The summed E-state index contributed by atoms with van der Waals surface area (Å²) in [6, 6.07) is 0. The Bertz CT molecular complexity index is 217. The number of carbonyl (C=O) groups is 1. The summed E-state index contributed by atoms with van der Waals surface area (Å²) in [5, 5.41) is 8.81. The lowest BCUT2D eigenvalue weighted by molar-refractivity contribution is -0.237. The van der Waals surface area contributed by atoms with E-state index in [1.807, 2.05) is 6.92 Å². The molecule has 4 atom stereocenters. The van der Waals surface area contributed by atoms with E-state index in [1.165, 1.54) is 0 Å². The molecule has 1 aliphatic heterocycles. The second-order valence-corrected chi connectivity index (χ2v) is 4.20. The van der Waals surface area contributed by atoms with E-state index in [0.717, 1.165) is 12.8 Å². The molecule has 0 aromatic rings. The number of hydrogen-bond donors (Lipinski definition) is 1. The molecule has 4 unspecified atom stereocenters. The number of carboxylic acids is 1. The van der Waals surface area contributed by atoms with Gasteiger partial charge >= 0.3 is 5.97 Å². The highest BCUT2D eigenvalue weighted by molar-refractivity contribution is 5.69. The minimum Gasteiger partial charge on any atom is -0.481 e. The zero-order valence-electron chi connectivity index (χ0n) is 9.60. The largest absolute Gasteiger partial charge is 0.481 e. The van der Waals surface area contributed by atoms with Gasteiger partial charge in [0.1, 0.15) is 0 Å². The fraction of sp³-hybridized carbons (Fsp3) is 0.909. The Kier molecular flexibility index (Phi) is 4.54. The molecule has 1 N–H and O–H groups in total. The quantitative estimate of drug-likeness (QED) is 0.781. The van der Waals surface area contributed by atoms with Crippen LogP contribution in [0.5, 0.6) is 0 Å². The number of aliphatic carboxylic acids is 1. The van der Waals surface area contributed by atoms with Gasteiger partial charge in [-0.15, -0.1) is 0 Å². The molecular formula is C11H20O4. The van der Waals surface area contributed by atoms with Gasteiger partial charge in [0.05, 0.1) is 18.1 Å². The number of rotatable bonds is 4. The van der Waals surface area contributed by atoms with Crippen LogP contribution in [0.4, 0.5) is 0 Å². The summed E-state index contributed by atoms with van der Waals surface area (Å²) in [6.07, 6.45) is 2.34. The third kappa shape index (κ3) is 3.80. The zero-order chi connectivity index (χ0) is 11.4. The van der Waals surface area contributed by atoms with Crippen LogP contribution in [0.25, 0.3) is 0 Å². The van der Waals surface area contributed by atoms with Gasteiger partial charge in [0.15, 0.2) is 6.29 Å². The first-order valence-electron chi connectivity index (χ1n) is 5.56. The molecule has 1 saturated heterocycles. The number of ether oxygens (including phenoxy) is 2. The standard InChI is InChI=1S/C11H20O4/c1-4-9-6-10(15-8(3)14-9)5-7(2)11(12)13/h7-10H,4-6H2,1-3H3,(H,12,13). The topological polar surface area (TPSA) is 55.8 Å². The first-order valence-corrected chi connectivity index (χ1v) is 5.56. The molecule has 0 bridgehead atoms. The van der Waals surface area contributed by atoms with E-state index in [4.69, 9.17) is 14.6 Å². The molecule has 4 nitrogen and oxygen atoms in total. The van der Waals surface area contributed by atoms with Crippen molar-refractivity contribution in [3.8, 4) is 0 Å². The lowest BCUT2D eigenvalue weighted by Gasteiger charge is -2.34. The van der Waals surface area contributed by atoms with Crippen LogP contribution < -0.4 is 0 Å². The number of carboxylic acid groups (broad SMARTS) is 1. The van der Waals surface area contributed by atoms with Gasteiger partial charge in [-0.25, -0.2) is 0 Å². The molecule has 1 fully saturated rings. The average molecular weight is 216 g/mol. The van der Waals surface area contributed by atoms with Crippen molar-refractivity contribution in [1.29, 1.82) is 0 Å². The predicted molar refractivity (Wildman–Crippen MR) is 55.5 cm³/mol. The maximum absolute atomic E-state index is 10.7. The third-order valence-electron chi connectivity index (χ3n) is 2.79. The molecule has 0 amide bonds.